The fraction of sp³-hybridized carbons (Fsp3) is 0.524. The van der Waals surface area contributed by atoms with Crippen LogP contribution in [0.1, 0.15) is 27.7 Å². The van der Waals surface area contributed by atoms with Crippen LogP contribution in [0.3, 0.4) is 0 Å². The van der Waals surface area contributed by atoms with E-state index >= 15 is 0 Å². The molecule has 176 valence electrons. The number of carbonyl (C=O) groups is 4. The number of nitrogens with one attached hydrogen (secondary N) is 1. The van der Waals surface area contributed by atoms with Gasteiger partial charge in [-0.2, -0.15) is 0 Å². The van der Waals surface area contributed by atoms with Crippen molar-refractivity contribution in [3.63, 3.8) is 0 Å². The lowest BCUT2D eigenvalue weighted by Gasteiger charge is -2.44. The molecule has 1 aromatic rings. The highest BCUT2D eigenvalue weighted by Crippen LogP contribution is 2.30. The van der Waals surface area contributed by atoms with Gasteiger partial charge >= 0.3 is 17.9 Å². The zero-order valence-corrected chi connectivity index (χ0v) is 18.5. The first-order valence-electron chi connectivity index (χ1n) is 9.81. The fourth-order valence-electron chi connectivity index (χ4n) is 3.20. The number of methoxy groups -OCH3 is 1. The molecule has 0 aromatic heterocycles. The molecule has 2 rings (SSSR count). The van der Waals surface area contributed by atoms with E-state index in [1.807, 2.05) is 0 Å². The van der Waals surface area contributed by atoms with Gasteiger partial charge in [0, 0.05) is 33.8 Å². The van der Waals surface area contributed by atoms with Gasteiger partial charge in [0.05, 0.1) is 7.11 Å². The molecular formula is C21H27NO10. The molecule has 11 nitrogen and oxygen atoms in total. The molecule has 5 atom stereocenters. The molecule has 1 amide bonds. The van der Waals surface area contributed by atoms with Gasteiger partial charge in [-0.25, -0.2) is 0 Å². The van der Waals surface area contributed by atoms with Crippen molar-refractivity contribution in [2.45, 2.75) is 58.3 Å². The van der Waals surface area contributed by atoms with E-state index in [-0.39, 0.29) is 6.61 Å². The summed E-state index contributed by atoms with van der Waals surface area (Å²) in [6, 6.07) is 5.57. The number of rotatable bonds is 8. The third kappa shape index (κ3) is 7.12. The summed E-state index contributed by atoms with van der Waals surface area (Å²) in [4.78, 5) is 46.8. The van der Waals surface area contributed by atoms with E-state index in [0.717, 1.165) is 0 Å². The number of benzene rings is 1. The first-order valence-corrected chi connectivity index (χ1v) is 9.81. The largest absolute Gasteiger partial charge is 0.497 e. The lowest BCUT2D eigenvalue weighted by atomic mass is 9.96. The van der Waals surface area contributed by atoms with Gasteiger partial charge in [-0.15, -0.1) is 0 Å². The molecule has 1 N–H and O–H groups in total. The van der Waals surface area contributed by atoms with Crippen molar-refractivity contribution < 1.29 is 47.6 Å². The van der Waals surface area contributed by atoms with E-state index in [1.54, 1.807) is 24.3 Å². The Labute approximate surface area is 185 Å². The summed E-state index contributed by atoms with van der Waals surface area (Å²) < 4.78 is 32.8. The molecule has 0 unspecified atom stereocenters. The minimum absolute atomic E-state index is 0.310. The number of ether oxygens (including phenoxy) is 6. The molecule has 32 heavy (non-hydrogen) atoms. The van der Waals surface area contributed by atoms with Crippen molar-refractivity contribution in [3.8, 4) is 11.5 Å². The Morgan fingerprint density at radius 2 is 1.56 bits per heavy atom. The van der Waals surface area contributed by atoms with Gasteiger partial charge in [-0.3, -0.25) is 19.2 Å². The number of hydrogen-bond donors (Lipinski definition) is 1. The number of carbonyl (C=O) groups excluding carboxylic acids is 4. The number of esters is 3. The first-order chi connectivity index (χ1) is 15.1. The number of amides is 1. The first kappa shape index (κ1) is 24.9. The van der Waals surface area contributed by atoms with Gasteiger partial charge in [-0.1, -0.05) is 6.07 Å². The lowest BCUT2D eigenvalue weighted by molar-refractivity contribution is -0.257. The van der Waals surface area contributed by atoms with Crippen LogP contribution in [0.5, 0.6) is 11.5 Å². The lowest BCUT2D eigenvalue weighted by Crippen LogP contribution is -2.67. The maximum Gasteiger partial charge on any atom is 0.303 e. The van der Waals surface area contributed by atoms with Crippen molar-refractivity contribution in [3.05, 3.63) is 24.3 Å². The number of hydrogen-bond acceptors (Lipinski definition) is 10. The minimum atomic E-state index is -1.19. The van der Waals surface area contributed by atoms with Crippen molar-refractivity contribution in [1.29, 1.82) is 0 Å². The predicted molar refractivity (Wildman–Crippen MR) is 108 cm³/mol. The monoisotopic (exact) mass is 453 g/mol. The van der Waals surface area contributed by atoms with E-state index in [0.29, 0.717) is 11.5 Å². The SMILES string of the molecule is COc1cccc(O[C@@H]2O[C@H](COC(C)=O)[C@H](OC(C)=O)[C@H](OC(C)=O)[C@H]2NC(C)=O)c1. The predicted octanol–water partition coefficient (Wildman–Crippen LogP) is 0.730. The van der Waals surface area contributed by atoms with Crippen LogP contribution in [0.25, 0.3) is 0 Å². The smallest absolute Gasteiger partial charge is 0.303 e. The molecule has 1 aliphatic heterocycles. The van der Waals surface area contributed by atoms with E-state index < -0.39 is 54.5 Å². The van der Waals surface area contributed by atoms with Gasteiger partial charge in [0.25, 0.3) is 0 Å². The Morgan fingerprint density at radius 1 is 0.938 bits per heavy atom. The molecule has 1 fully saturated rings. The molecule has 1 aromatic carbocycles. The van der Waals surface area contributed by atoms with Crippen molar-refractivity contribution in [2.24, 2.45) is 0 Å². The van der Waals surface area contributed by atoms with E-state index in [9.17, 15) is 19.2 Å². The summed E-state index contributed by atoms with van der Waals surface area (Å²) in [5.41, 5.74) is 0. The van der Waals surface area contributed by atoms with Gasteiger partial charge in [0.1, 0.15) is 30.3 Å². The summed E-state index contributed by atoms with van der Waals surface area (Å²) in [6.45, 7) is 4.50. The Morgan fingerprint density at radius 3 is 2.12 bits per heavy atom. The molecule has 0 radical (unpaired) electrons. The molecular weight excluding hydrogens is 426 g/mol. The summed E-state index contributed by atoms with van der Waals surface area (Å²) >= 11 is 0. The third-order valence-corrected chi connectivity index (χ3v) is 4.36. The van der Waals surface area contributed by atoms with Crippen LogP contribution >= 0.6 is 0 Å². The maximum absolute atomic E-state index is 11.9. The van der Waals surface area contributed by atoms with Crippen LogP contribution in [0.4, 0.5) is 0 Å². The molecule has 0 spiro atoms. The second kappa shape index (κ2) is 11.3. The minimum Gasteiger partial charge on any atom is -0.497 e. The van der Waals surface area contributed by atoms with Gasteiger partial charge < -0.3 is 33.7 Å². The quantitative estimate of drug-likeness (QED) is 0.443. The molecule has 0 saturated carbocycles. The van der Waals surface area contributed by atoms with Crippen LogP contribution in [0.2, 0.25) is 0 Å². The molecule has 0 bridgehead atoms. The highest BCUT2D eigenvalue weighted by atomic mass is 16.7. The Balaban J connectivity index is 2.45. The zero-order chi connectivity index (χ0) is 23.8. The van der Waals surface area contributed by atoms with Gasteiger partial charge in [-0.05, 0) is 12.1 Å². The zero-order valence-electron chi connectivity index (χ0n) is 18.5. The van der Waals surface area contributed by atoms with Gasteiger partial charge in [0.2, 0.25) is 12.2 Å². The average molecular weight is 453 g/mol. The van der Waals surface area contributed by atoms with Crippen LogP contribution in [0.15, 0.2) is 24.3 Å². The van der Waals surface area contributed by atoms with E-state index in [2.05, 4.69) is 5.32 Å². The standard InChI is InChI=1S/C21H27NO10/c1-11(23)22-18-20(30-14(4)26)19(29-13(3)25)17(10-28-12(2)24)32-21(18)31-16-8-6-7-15(9-16)27-5/h6-9,17-21H,10H2,1-5H3,(H,22,23)/t17-,18-,19+,20-,21-/m1/s1. The summed E-state index contributed by atoms with van der Waals surface area (Å²) in [6.07, 6.45) is -4.61. The summed E-state index contributed by atoms with van der Waals surface area (Å²) in [5, 5.41) is 2.63. The van der Waals surface area contributed by atoms with Crippen LogP contribution in [-0.2, 0) is 38.1 Å². The average Bonchev–Trinajstić information content (AvgIpc) is 2.70. The van der Waals surface area contributed by atoms with Crippen molar-refractivity contribution >= 4 is 23.8 Å². The third-order valence-electron chi connectivity index (χ3n) is 4.36. The topological polar surface area (TPSA) is 136 Å². The molecule has 11 heteroatoms. The van der Waals surface area contributed by atoms with Gasteiger partial charge in [0.15, 0.2) is 12.2 Å². The maximum atomic E-state index is 11.9. The fourth-order valence-corrected chi connectivity index (χ4v) is 3.20. The molecule has 0 aliphatic carbocycles. The van der Waals surface area contributed by atoms with Crippen molar-refractivity contribution in [1.82, 2.24) is 5.32 Å². The summed E-state index contributed by atoms with van der Waals surface area (Å²) in [7, 11) is 1.49. The Bertz CT molecular complexity index is 842. The Kier molecular flexibility index (Phi) is 8.82. The van der Waals surface area contributed by atoms with Crippen molar-refractivity contribution in [2.75, 3.05) is 13.7 Å². The molecule has 1 heterocycles. The highest BCUT2D eigenvalue weighted by molar-refractivity contribution is 5.73. The second-order valence-corrected chi connectivity index (χ2v) is 7.02. The molecule has 1 aliphatic rings. The van der Waals surface area contributed by atoms with Crippen LogP contribution < -0.4 is 14.8 Å². The van der Waals surface area contributed by atoms with Crippen LogP contribution in [0, 0.1) is 0 Å². The Hall–Kier alpha value is -3.34. The second-order valence-electron chi connectivity index (χ2n) is 7.02. The van der Waals surface area contributed by atoms with Crippen LogP contribution in [-0.4, -0.2) is 68.2 Å². The molecule has 1 saturated heterocycles. The van der Waals surface area contributed by atoms with E-state index in [4.69, 9.17) is 28.4 Å². The summed E-state index contributed by atoms with van der Waals surface area (Å²) in [5.74, 6) is -1.57. The normalized spacial score (nSPS) is 24.6. The highest BCUT2D eigenvalue weighted by Gasteiger charge is 2.51. The van der Waals surface area contributed by atoms with E-state index in [1.165, 1.54) is 34.8 Å².